The Bertz CT molecular complexity index is 1060. The van der Waals surface area contributed by atoms with E-state index >= 15 is 0 Å². The molecule has 0 unspecified atom stereocenters. The lowest BCUT2D eigenvalue weighted by molar-refractivity contribution is 0.102. The lowest BCUT2D eigenvalue weighted by Gasteiger charge is -2.10. The van der Waals surface area contributed by atoms with Crippen LogP contribution in [-0.2, 0) is 6.54 Å². The van der Waals surface area contributed by atoms with E-state index in [1.54, 1.807) is 11.0 Å². The first kappa shape index (κ1) is 18.1. The smallest absolute Gasteiger partial charge is 0.196 e. The highest BCUT2D eigenvalue weighted by Crippen LogP contribution is 2.23. The summed E-state index contributed by atoms with van der Waals surface area (Å²) in [6.45, 7) is 0.397. The Morgan fingerprint density at radius 2 is 1.82 bits per heavy atom. The van der Waals surface area contributed by atoms with E-state index in [-0.39, 0.29) is 17.4 Å². The largest absolute Gasteiger partial charge is 0.293 e. The Balaban J connectivity index is 1.58. The Hall–Kier alpha value is -3.33. The normalized spacial score (nSPS) is 10.9. The van der Waals surface area contributed by atoms with Crippen molar-refractivity contribution in [2.24, 2.45) is 0 Å². The summed E-state index contributed by atoms with van der Waals surface area (Å²) in [7, 11) is 0. The van der Waals surface area contributed by atoms with Gasteiger partial charge in [0.2, 0.25) is 0 Å². The molecule has 0 atom stereocenters. The number of hydrogen-bond donors (Lipinski definition) is 0. The second kappa shape index (κ2) is 8.13. The number of benzene rings is 2. The summed E-state index contributed by atoms with van der Waals surface area (Å²) in [5, 5.41) is 13.2. The highest BCUT2D eigenvalue weighted by atomic mass is 32.2. The van der Waals surface area contributed by atoms with E-state index in [1.165, 1.54) is 42.4 Å². The van der Waals surface area contributed by atoms with Gasteiger partial charge in [-0.05, 0) is 36.4 Å². The molecular weight excluding hydrogens is 379 g/mol. The highest BCUT2D eigenvalue weighted by Gasteiger charge is 2.17. The van der Waals surface area contributed by atoms with E-state index < -0.39 is 0 Å². The first-order chi connectivity index (χ1) is 13.7. The van der Waals surface area contributed by atoms with Gasteiger partial charge in [-0.1, -0.05) is 30.0 Å². The summed E-state index contributed by atoms with van der Waals surface area (Å²) < 4.78 is 16.6. The van der Waals surface area contributed by atoms with Gasteiger partial charge in [-0.25, -0.2) is 14.1 Å². The maximum atomic E-state index is 13.1. The van der Waals surface area contributed by atoms with E-state index in [9.17, 15) is 9.18 Å². The first-order valence-electron chi connectivity index (χ1n) is 8.44. The second-order valence-corrected chi connectivity index (χ2v) is 6.82. The van der Waals surface area contributed by atoms with Crippen LogP contribution in [-0.4, -0.2) is 41.1 Å². The number of aromatic nitrogens is 6. The van der Waals surface area contributed by atoms with Crippen LogP contribution in [0.15, 0.2) is 72.4 Å². The van der Waals surface area contributed by atoms with Crippen LogP contribution in [0.25, 0.3) is 5.69 Å². The summed E-state index contributed by atoms with van der Waals surface area (Å²) in [6.07, 6.45) is 3.06. The van der Waals surface area contributed by atoms with Crippen LogP contribution in [0.1, 0.15) is 16.2 Å². The van der Waals surface area contributed by atoms with Gasteiger partial charge in [0.05, 0.1) is 5.75 Å². The summed E-state index contributed by atoms with van der Waals surface area (Å²) in [4.78, 5) is 16.4. The summed E-state index contributed by atoms with van der Waals surface area (Å²) in [6, 6.07) is 15.2. The van der Waals surface area contributed by atoms with Crippen LogP contribution in [0.5, 0.6) is 0 Å². The number of ketones is 1. The number of para-hydroxylation sites is 1. The predicted molar refractivity (Wildman–Crippen MR) is 102 cm³/mol. The van der Waals surface area contributed by atoms with Gasteiger partial charge < -0.3 is 0 Å². The second-order valence-electron chi connectivity index (χ2n) is 5.88. The van der Waals surface area contributed by atoms with Crippen LogP contribution in [0.3, 0.4) is 0 Å². The van der Waals surface area contributed by atoms with Gasteiger partial charge >= 0.3 is 0 Å². The SMILES string of the molecule is O=C(CSc1nnc(Cn2cncn2)n1-c1ccccc1)c1ccc(F)cc1. The van der Waals surface area contributed by atoms with Crippen molar-refractivity contribution in [2.45, 2.75) is 11.7 Å². The Morgan fingerprint density at radius 3 is 2.54 bits per heavy atom. The minimum absolute atomic E-state index is 0.106. The maximum Gasteiger partial charge on any atom is 0.196 e. The van der Waals surface area contributed by atoms with Gasteiger partial charge in [0.15, 0.2) is 16.8 Å². The molecule has 0 saturated carbocycles. The summed E-state index contributed by atoms with van der Waals surface area (Å²) >= 11 is 1.28. The number of nitrogens with zero attached hydrogens (tertiary/aromatic N) is 6. The minimum atomic E-state index is -0.370. The van der Waals surface area contributed by atoms with Crippen LogP contribution in [0.4, 0.5) is 4.39 Å². The van der Waals surface area contributed by atoms with Gasteiger partial charge in [0.25, 0.3) is 0 Å². The Morgan fingerprint density at radius 1 is 1.04 bits per heavy atom. The van der Waals surface area contributed by atoms with Crippen LogP contribution >= 0.6 is 11.8 Å². The molecule has 2 aromatic heterocycles. The lowest BCUT2D eigenvalue weighted by atomic mass is 10.1. The molecule has 2 aromatic carbocycles. The summed E-state index contributed by atoms with van der Waals surface area (Å²) in [5.41, 5.74) is 1.35. The zero-order chi connectivity index (χ0) is 19.3. The van der Waals surface area contributed by atoms with E-state index in [1.807, 2.05) is 34.9 Å². The lowest BCUT2D eigenvalue weighted by Crippen LogP contribution is -2.09. The van der Waals surface area contributed by atoms with Crippen molar-refractivity contribution in [2.75, 3.05) is 5.75 Å². The Kier molecular flexibility index (Phi) is 5.24. The molecule has 0 aliphatic carbocycles. The fourth-order valence-corrected chi connectivity index (χ4v) is 3.51. The van der Waals surface area contributed by atoms with Gasteiger partial charge in [0.1, 0.15) is 25.0 Å². The molecule has 28 heavy (non-hydrogen) atoms. The third kappa shape index (κ3) is 3.99. The summed E-state index contributed by atoms with van der Waals surface area (Å²) in [5.74, 6) is 0.365. The van der Waals surface area contributed by atoms with Gasteiger partial charge in [-0.2, -0.15) is 5.10 Å². The van der Waals surface area contributed by atoms with Crippen LogP contribution in [0.2, 0.25) is 0 Å². The molecule has 2 heterocycles. The number of Topliss-reactive ketones (excluding diaryl/α,β-unsaturated/α-hetero) is 1. The zero-order valence-corrected chi connectivity index (χ0v) is 15.5. The molecule has 4 rings (SSSR count). The number of carbonyl (C=O) groups excluding carboxylic acids is 1. The zero-order valence-electron chi connectivity index (χ0n) is 14.6. The number of thioether (sulfide) groups is 1. The fourth-order valence-electron chi connectivity index (χ4n) is 2.64. The molecule has 0 bridgehead atoms. The third-order valence-corrected chi connectivity index (χ3v) is 4.91. The average molecular weight is 394 g/mol. The molecular formula is C19H15FN6OS. The highest BCUT2D eigenvalue weighted by molar-refractivity contribution is 7.99. The van der Waals surface area contributed by atoms with E-state index in [4.69, 9.17) is 0 Å². The molecule has 0 fully saturated rings. The van der Waals surface area contributed by atoms with Crippen molar-refractivity contribution in [3.05, 3.63) is 84.5 Å². The standard InChI is InChI=1S/C19H15FN6OS/c20-15-8-6-14(7-9-15)17(27)11-28-19-24-23-18(10-25-13-21-12-22-25)26(19)16-4-2-1-3-5-16/h1-9,12-13H,10-11H2. The van der Waals surface area contributed by atoms with E-state index in [0.29, 0.717) is 23.1 Å². The molecule has 7 nitrogen and oxygen atoms in total. The van der Waals surface area contributed by atoms with Crippen molar-refractivity contribution in [3.8, 4) is 5.69 Å². The topological polar surface area (TPSA) is 78.5 Å². The quantitative estimate of drug-likeness (QED) is 0.354. The molecule has 0 N–H and O–H groups in total. The Labute approximate surface area is 164 Å². The number of halogens is 1. The van der Waals surface area contributed by atoms with Crippen molar-refractivity contribution in [3.63, 3.8) is 0 Å². The molecule has 0 radical (unpaired) electrons. The molecule has 0 saturated heterocycles. The van der Waals surface area contributed by atoms with Crippen molar-refractivity contribution >= 4 is 17.5 Å². The number of rotatable bonds is 7. The third-order valence-electron chi connectivity index (χ3n) is 3.98. The predicted octanol–water partition coefficient (Wildman–Crippen LogP) is 3.02. The van der Waals surface area contributed by atoms with Crippen molar-refractivity contribution < 1.29 is 9.18 Å². The van der Waals surface area contributed by atoms with Crippen LogP contribution in [0, 0.1) is 5.82 Å². The number of carbonyl (C=O) groups is 1. The van der Waals surface area contributed by atoms with Gasteiger partial charge in [-0.3, -0.25) is 9.36 Å². The van der Waals surface area contributed by atoms with Crippen molar-refractivity contribution in [1.82, 2.24) is 29.5 Å². The molecule has 0 aliphatic heterocycles. The monoisotopic (exact) mass is 394 g/mol. The molecule has 4 aromatic rings. The van der Waals surface area contributed by atoms with E-state index in [0.717, 1.165) is 5.69 Å². The van der Waals surface area contributed by atoms with E-state index in [2.05, 4.69) is 20.3 Å². The minimum Gasteiger partial charge on any atom is -0.293 e. The average Bonchev–Trinajstić information content (AvgIpc) is 3.37. The molecule has 9 heteroatoms. The molecule has 0 spiro atoms. The van der Waals surface area contributed by atoms with Crippen LogP contribution < -0.4 is 0 Å². The maximum absolute atomic E-state index is 13.1. The van der Waals surface area contributed by atoms with Crippen molar-refractivity contribution in [1.29, 1.82) is 0 Å². The first-order valence-corrected chi connectivity index (χ1v) is 9.43. The molecule has 0 aliphatic rings. The molecule has 0 amide bonds. The van der Waals surface area contributed by atoms with Gasteiger partial charge in [0, 0.05) is 11.3 Å². The number of hydrogen-bond acceptors (Lipinski definition) is 6. The van der Waals surface area contributed by atoms with Gasteiger partial charge in [-0.15, -0.1) is 10.2 Å². The molecule has 140 valence electrons. The fraction of sp³-hybridized carbons (Fsp3) is 0.105.